The molecule has 126 valence electrons. The van der Waals surface area contributed by atoms with E-state index in [4.69, 9.17) is 9.47 Å². The molecule has 0 amide bonds. The standard InChI is InChI=1S/C18H20N2O4/c1-23-17(21)13-7-3-5-9-15(13)19-11-12-20-16-10-6-4-8-14(16)18(22)24-2/h3-10,19-20H,11-12H2,1-2H3. The van der Waals surface area contributed by atoms with Crippen molar-refractivity contribution in [1.82, 2.24) is 0 Å². The van der Waals surface area contributed by atoms with Crippen LogP contribution in [-0.4, -0.2) is 39.2 Å². The third kappa shape index (κ3) is 4.25. The van der Waals surface area contributed by atoms with Gasteiger partial charge in [0.05, 0.1) is 25.3 Å². The second kappa shape index (κ2) is 8.57. The number of para-hydroxylation sites is 2. The minimum atomic E-state index is -0.387. The van der Waals surface area contributed by atoms with Gasteiger partial charge in [-0.15, -0.1) is 0 Å². The lowest BCUT2D eigenvalue weighted by molar-refractivity contribution is 0.0592. The summed E-state index contributed by atoms with van der Waals surface area (Å²) in [5.74, 6) is -0.774. The molecule has 0 aliphatic carbocycles. The van der Waals surface area contributed by atoms with Crippen LogP contribution in [0.5, 0.6) is 0 Å². The Bertz CT molecular complexity index is 654. The van der Waals surface area contributed by atoms with Crippen molar-refractivity contribution in [2.45, 2.75) is 0 Å². The van der Waals surface area contributed by atoms with Gasteiger partial charge in [-0.05, 0) is 24.3 Å². The van der Waals surface area contributed by atoms with Crippen LogP contribution in [0.3, 0.4) is 0 Å². The highest BCUT2D eigenvalue weighted by molar-refractivity contribution is 5.96. The molecule has 6 heteroatoms. The van der Waals surface area contributed by atoms with Crippen molar-refractivity contribution in [3.05, 3.63) is 59.7 Å². The van der Waals surface area contributed by atoms with Crippen LogP contribution in [0.15, 0.2) is 48.5 Å². The monoisotopic (exact) mass is 328 g/mol. The van der Waals surface area contributed by atoms with Crippen molar-refractivity contribution in [2.75, 3.05) is 37.9 Å². The quantitative estimate of drug-likeness (QED) is 0.601. The Morgan fingerprint density at radius 3 is 1.50 bits per heavy atom. The number of rotatable bonds is 7. The number of nitrogens with one attached hydrogen (secondary N) is 2. The number of hydrogen-bond acceptors (Lipinski definition) is 6. The van der Waals surface area contributed by atoms with Crippen LogP contribution in [-0.2, 0) is 9.47 Å². The first-order chi connectivity index (χ1) is 11.7. The lowest BCUT2D eigenvalue weighted by Gasteiger charge is -2.13. The first-order valence-corrected chi connectivity index (χ1v) is 7.49. The van der Waals surface area contributed by atoms with Gasteiger partial charge in [-0.25, -0.2) is 9.59 Å². The van der Waals surface area contributed by atoms with Gasteiger partial charge in [0.1, 0.15) is 0 Å². The van der Waals surface area contributed by atoms with Crippen molar-refractivity contribution in [3.8, 4) is 0 Å². The highest BCUT2D eigenvalue weighted by atomic mass is 16.5. The summed E-state index contributed by atoms with van der Waals surface area (Å²) in [7, 11) is 2.70. The molecule has 0 heterocycles. The number of anilines is 2. The van der Waals surface area contributed by atoms with Crippen molar-refractivity contribution in [1.29, 1.82) is 0 Å². The van der Waals surface area contributed by atoms with E-state index in [1.807, 2.05) is 24.3 Å². The van der Waals surface area contributed by atoms with Gasteiger partial charge >= 0.3 is 11.9 Å². The van der Waals surface area contributed by atoms with E-state index >= 15 is 0 Å². The molecule has 2 aromatic carbocycles. The molecule has 0 saturated heterocycles. The maximum Gasteiger partial charge on any atom is 0.339 e. The Morgan fingerprint density at radius 1 is 0.750 bits per heavy atom. The van der Waals surface area contributed by atoms with Crippen LogP contribution in [0.1, 0.15) is 20.7 Å². The Kier molecular flexibility index (Phi) is 6.19. The third-order valence-corrected chi connectivity index (χ3v) is 3.42. The first-order valence-electron chi connectivity index (χ1n) is 7.49. The molecule has 0 unspecified atom stereocenters. The fourth-order valence-electron chi connectivity index (χ4n) is 2.24. The molecule has 24 heavy (non-hydrogen) atoms. The zero-order chi connectivity index (χ0) is 17.4. The molecule has 2 N–H and O–H groups in total. The van der Waals surface area contributed by atoms with E-state index in [0.717, 1.165) is 0 Å². The van der Waals surface area contributed by atoms with E-state index in [-0.39, 0.29) is 11.9 Å². The first kappa shape index (κ1) is 17.3. The largest absolute Gasteiger partial charge is 0.465 e. The molecule has 6 nitrogen and oxygen atoms in total. The highest BCUT2D eigenvalue weighted by Crippen LogP contribution is 2.17. The summed E-state index contributed by atoms with van der Waals surface area (Å²) in [5.41, 5.74) is 2.37. The zero-order valence-corrected chi connectivity index (χ0v) is 13.7. The van der Waals surface area contributed by atoms with E-state index < -0.39 is 0 Å². The van der Waals surface area contributed by atoms with Crippen LogP contribution in [0.2, 0.25) is 0 Å². The molecule has 0 atom stereocenters. The molecule has 0 radical (unpaired) electrons. The van der Waals surface area contributed by atoms with E-state index in [1.54, 1.807) is 24.3 Å². The van der Waals surface area contributed by atoms with Crippen LogP contribution >= 0.6 is 0 Å². The fourth-order valence-corrected chi connectivity index (χ4v) is 2.24. The van der Waals surface area contributed by atoms with Crippen molar-refractivity contribution < 1.29 is 19.1 Å². The number of benzene rings is 2. The van der Waals surface area contributed by atoms with Crippen LogP contribution < -0.4 is 10.6 Å². The molecule has 2 aromatic rings. The van der Waals surface area contributed by atoms with Crippen molar-refractivity contribution >= 4 is 23.3 Å². The molecule has 0 fully saturated rings. The summed E-state index contributed by atoms with van der Waals surface area (Å²) in [4.78, 5) is 23.4. The number of carbonyl (C=O) groups is 2. The number of hydrogen-bond donors (Lipinski definition) is 2. The molecule has 0 aliphatic heterocycles. The molecular weight excluding hydrogens is 308 g/mol. The minimum Gasteiger partial charge on any atom is -0.465 e. The van der Waals surface area contributed by atoms with Gasteiger partial charge in [-0.3, -0.25) is 0 Å². The van der Waals surface area contributed by atoms with Crippen LogP contribution in [0, 0.1) is 0 Å². The van der Waals surface area contributed by atoms with Gasteiger partial charge < -0.3 is 20.1 Å². The van der Waals surface area contributed by atoms with Crippen LogP contribution in [0.25, 0.3) is 0 Å². The van der Waals surface area contributed by atoms with Gasteiger partial charge in [0, 0.05) is 24.5 Å². The number of ether oxygens (including phenoxy) is 2. The van der Waals surface area contributed by atoms with Gasteiger partial charge in [0.25, 0.3) is 0 Å². The summed E-state index contributed by atoms with van der Waals surface area (Å²) in [6.07, 6.45) is 0. The SMILES string of the molecule is COC(=O)c1ccccc1NCCNc1ccccc1C(=O)OC. The van der Waals surface area contributed by atoms with E-state index in [9.17, 15) is 9.59 Å². The van der Waals surface area contributed by atoms with Crippen LogP contribution in [0.4, 0.5) is 11.4 Å². The second-order valence-electron chi connectivity index (χ2n) is 4.93. The second-order valence-corrected chi connectivity index (χ2v) is 4.93. The van der Waals surface area contributed by atoms with Crippen molar-refractivity contribution in [3.63, 3.8) is 0 Å². The Morgan fingerprint density at radius 2 is 1.12 bits per heavy atom. The maximum atomic E-state index is 11.7. The lowest BCUT2D eigenvalue weighted by atomic mass is 10.1. The Hall–Kier alpha value is -3.02. The molecule has 0 spiro atoms. The Labute approximate surface area is 140 Å². The summed E-state index contributed by atoms with van der Waals surface area (Å²) in [6.45, 7) is 1.12. The molecule has 0 bridgehead atoms. The van der Waals surface area contributed by atoms with Gasteiger partial charge in [-0.1, -0.05) is 24.3 Å². The topological polar surface area (TPSA) is 76.7 Å². The zero-order valence-electron chi connectivity index (χ0n) is 13.7. The highest BCUT2D eigenvalue weighted by Gasteiger charge is 2.11. The molecule has 0 aromatic heterocycles. The lowest BCUT2D eigenvalue weighted by Crippen LogP contribution is -2.17. The molecule has 0 aliphatic rings. The van der Waals surface area contributed by atoms with E-state index in [0.29, 0.717) is 35.6 Å². The van der Waals surface area contributed by atoms with Gasteiger partial charge in [0.15, 0.2) is 0 Å². The number of methoxy groups -OCH3 is 2. The predicted molar refractivity (Wildman–Crippen MR) is 92.5 cm³/mol. The maximum absolute atomic E-state index is 11.7. The molecular formula is C18H20N2O4. The number of carbonyl (C=O) groups excluding carboxylic acids is 2. The van der Waals surface area contributed by atoms with E-state index in [2.05, 4.69) is 10.6 Å². The normalized spacial score (nSPS) is 9.92. The summed E-state index contributed by atoms with van der Waals surface area (Å²) >= 11 is 0. The summed E-state index contributed by atoms with van der Waals surface area (Å²) in [6, 6.07) is 14.3. The average molecular weight is 328 g/mol. The molecule has 0 saturated carbocycles. The molecule has 2 rings (SSSR count). The predicted octanol–water partition coefficient (Wildman–Crippen LogP) is 2.78. The Balaban J connectivity index is 1.95. The van der Waals surface area contributed by atoms with Crippen molar-refractivity contribution in [2.24, 2.45) is 0 Å². The summed E-state index contributed by atoms with van der Waals surface area (Å²) < 4.78 is 9.52. The van der Waals surface area contributed by atoms with Gasteiger partial charge in [0.2, 0.25) is 0 Å². The third-order valence-electron chi connectivity index (χ3n) is 3.42. The minimum absolute atomic E-state index is 0.387. The fraction of sp³-hybridized carbons (Fsp3) is 0.222. The van der Waals surface area contributed by atoms with Gasteiger partial charge in [-0.2, -0.15) is 0 Å². The summed E-state index contributed by atoms with van der Waals surface area (Å²) in [5, 5.41) is 6.36. The average Bonchev–Trinajstić information content (AvgIpc) is 2.64. The van der Waals surface area contributed by atoms with E-state index in [1.165, 1.54) is 14.2 Å². The smallest absolute Gasteiger partial charge is 0.339 e. The number of esters is 2.